The van der Waals surface area contributed by atoms with Gasteiger partial charge in [0, 0.05) is 30.7 Å². The van der Waals surface area contributed by atoms with E-state index in [0.717, 1.165) is 16.7 Å². The van der Waals surface area contributed by atoms with Crippen LogP contribution in [0.3, 0.4) is 0 Å². The molecule has 0 spiro atoms. The molecule has 0 saturated heterocycles. The zero-order valence-electron chi connectivity index (χ0n) is 18.1. The van der Waals surface area contributed by atoms with E-state index in [9.17, 15) is 4.79 Å². The molecular formula is C25H23ClN4O2. The predicted octanol–water partition coefficient (Wildman–Crippen LogP) is 5.03. The molecule has 162 valence electrons. The number of hydrogen-bond donors (Lipinski definition) is 0. The van der Waals surface area contributed by atoms with Gasteiger partial charge in [-0.25, -0.2) is 0 Å². The van der Waals surface area contributed by atoms with E-state index in [1.165, 1.54) is 4.90 Å². The molecular weight excluding hydrogens is 424 g/mol. The number of hydrogen-bond acceptors (Lipinski definition) is 4. The molecule has 0 unspecified atom stereocenters. The topological polar surface area (TPSA) is 60.2 Å². The van der Waals surface area contributed by atoms with Crippen LogP contribution in [-0.2, 0) is 4.79 Å². The number of benzene rings is 3. The van der Waals surface area contributed by atoms with Crippen LogP contribution < -0.4 is 4.74 Å². The first-order valence-corrected chi connectivity index (χ1v) is 10.5. The Morgan fingerprint density at radius 1 is 0.938 bits per heavy atom. The summed E-state index contributed by atoms with van der Waals surface area (Å²) in [6, 6.07) is 23.7. The molecule has 3 aromatic carbocycles. The van der Waals surface area contributed by atoms with Gasteiger partial charge < -0.3 is 9.64 Å². The van der Waals surface area contributed by atoms with Crippen LogP contribution >= 0.6 is 11.6 Å². The average Bonchev–Trinajstić information content (AvgIpc) is 3.19. The van der Waals surface area contributed by atoms with Crippen LogP contribution in [0.2, 0.25) is 5.02 Å². The second kappa shape index (κ2) is 9.24. The average molecular weight is 447 g/mol. The number of carbonyl (C=O) groups is 1. The fourth-order valence-corrected chi connectivity index (χ4v) is 3.50. The number of aryl methyl sites for hydroxylation is 1. The van der Waals surface area contributed by atoms with Crippen molar-refractivity contribution in [2.45, 2.75) is 6.92 Å². The van der Waals surface area contributed by atoms with Gasteiger partial charge in [0.2, 0.25) is 0 Å². The Balaban J connectivity index is 1.71. The molecule has 32 heavy (non-hydrogen) atoms. The van der Waals surface area contributed by atoms with Gasteiger partial charge in [-0.1, -0.05) is 66.2 Å². The maximum atomic E-state index is 12.0. The fraction of sp³-hybridized carbons (Fsp3) is 0.160. The Labute approximate surface area is 192 Å². The maximum absolute atomic E-state index is 12.0. The largest absolute Gasteiger partial charge is 0.482 e. The lowest BCUT2D eigenvalue weighted by Gasteiger charge is -2.16. The first-order chi connectivity index (χ1) is 15.4. The summed E-state index contributed by atoms with van der Waals surface area (Å²) in [5.41, 5.74) is 3.90. The van der Waals surface area contributed by atoms with Crippen LogP contribution in [-0.4, -0.2) is 46.3 Å². The minimum atomic E-state index is -0.145. The van der Waals surface area contributed by atoms with E-state index >= 15 is 0 Å². The van der Waals surface area contributed by atoms with Crippen LogP contribution in [0.25, 0.3) is 28.2 Å². The van der Waals surface area contributed by atoms with Crippen molar-refractivity contribution >= 4 is 17.5 Å². The highest BCUT2D eigenvalue weighted by molar-refractivity contribution is 6.30. The second-order valence-corrected chi connectivity index (χ2v) is 7.97. The van der Waals surface area contributed by atoms with E-state index in [-0.39, 0.29) is 12.5 Å². The number of halogens is 1. The van der Waals surface area contributed by atoms with Gasteiger partial charge in [-0.3, -0.25) is 9.36 Å². The number of amides is 1. The molecule has 0 atom stereocenters. The molecule has 0 fully saturated rings. The first kappa shape index (κ1) is 21.6. The number of likely N-dealkylation sites (N-methyl/N-ethyl adjacent to an activating group) is 1. The summed E-state index contributed by atoms with van der Waals surface area (Å²) in [4.78, 5) is 13.5. The van der Waals surface area contributed by atoms with Crippen LogP contribution in [0.4, 0.5) is 0 Å². The summed E-state index contributed by atoms with van der Waals surface area (Å²) in [5.74, 6) is 1.71. The van der Waals surface area contributed by atoms with Crippen molar-refractivity contribution in [1.82, 2.24) is 19.7 Å². The SMILES string of the molecule is Cc1nnc(-c2ccc(-c3ccccc3)cc2)n1-c1ccc(Cl)cc1OCC(=O)N(C)C. The number of aromatic nitrogens is 3. The minimum absolute atomic E-state index is 0.0946. The third kappa shape index (κ3) is 4.50. The van der Waals surface area contributed by atoms with Gasteiger partial charge in [-0.15, -0.1) is 10.2 Å². The van der Waals surface area contributed by atoms with Gasteiger partial charge in [0.15, 0.2) is 12.4 Å². The molecule has 4 aromatic rings. The molecule has 0 aliphatic rings. The molecule has 0 saturated carbocycles. The summed E-state index contributed by atoms with van der Waals surface area (Å²) >= 11 is 6.21. The van der Waals surface area contributed by atoms with Gasteiger partial charge >= 0.3 is 0 Å². The zero-order valence-corrected chi connectivity index (χ0v) is 18.9. The molecule has 0 aliphatic carbocycles. The minimum Gasteiger partial charge on any atom is -0.482 e. The zero-order chi connectivity index (χ0) is 22.7. The van der Waals surface area contributed by atoms with Crippen molar-refractivity contribution in [3.8, 4) is 34.0 Å². The lowest BCUT2D eigenvalue weighted by atomic mass is 10.0. The van der Waals surface area contributed by atoms with Crippen molar-refractivity contribution in [1.29, 1.82) is 0 Å². The summed E-state index contributed by atoms with van der Waals surface area (Å²) in [6.07, 6.45) is 0. The third-order valence-electron chi connectivity index (χ3n) is 5.09. The van der Waals surface area contributed by atoms with Crippen LogP contribution in [0.5, 0.6) is 5.75 Å². The van der Waals surface area contributed by atoms with Crippen molar-refractivity contribution in [3.63, 3.8) is 0 Å². The number of nitrogens with zero attached hydrogens (tertiary/aromatic N) is 4. The number of ether oxygens (including phenoxy) is 1. The first-order valence-electron chi connectivity index (χ1n) is 10.1. The summed E-state index contributed by atoms with van der Waals surface area (Å²) in [6.45, 7) is 1.78. The van der Waals surface area contributed by atoms with Crippen LogP contribution in [0, 0.1) is 6.92 Å². The molecule has 0 N–H and O–H groups in total. The van der Waals surface area contributed by atoms with Crippen molar-refractivity contribution in [2.75, 3.05) is 20.7 Å². The summed E-state index contributed by atoms with van der Waals surface area (Å²) in [7, 11) is 3.37. The van der Waals surface area contributed by atoms with E-state index in [4.69, 9.17) is 16.3 Å². The van der Waals surface area contributed by atoms with Gasteiger partial charge in [-0.05, 0) is 30.2 Å². The summed E-state index contributed by atoms with van der Waals surface area (Å²) < 4.78 is 7.74. The maximum Gasteiger partial charge on any atom is 0.259 e. The normalized spacial score (nSPS) is 10.8. The van der Waals surface area contributed by atoms with Crippen molar-refractivity contribution < 1.29 is 9.53 Å². The molecule has 0 bridgehead atoms. The molecule has 1 amide bonds. The smallest absolute Gasteiger partial charge is 0.259 e. The molecule has 4 rings (SSSR count). The second-order valence-electron chi connectivity index (χ2n) is 7.54. The molecule has 6 nitrogen and oxygen atoms in total. The Kier molecular flexibility index (Phi) is 6.23. The summed E-state index contributed by atoms with van der Waals surface area (Å²) in [5, 5.41) is 9.20. The highest BCUT2D eigenvalue weighted by atomic mass is 35.5. The van der Waals surface area contributed by atoms with Crippen LogP contribution in [0.1, 0.15) is 5.82 Å². The molecule has 0 aliphatic heterocycles. The van der Waals surface area contributed by atoms with E-state index in [0.29, 0.717) is 28.1 Å². The Bertz CT molecular complexity index is 1230. The number of carbonyl (C=O) groups excluding carboxylic acids is 1. The Morgan fingerprint density at radius 3 is 2.28 bits per heavy atom. The van der Waals surface area contributed by atoms with Gasteiger partial charge in [-0.2, -0.15) is 0 Å². The lowest BCUT2D eigenvalue weighted by Crippen LogP contribution is -2.27. The molecule has 1 heterocycles. The Morgan fingerprint density at radius 2 is 1.59 bits per heavy atom. The van der Waals surface area contributed by atoms with E-state index in [2.05, 4.69) is 34.5 Å². The third-order valence-corrected chi connectivity index (χ3v) is 5.32. The quantitative estimate of drug-likeness (QED) is 0.416. The van der Waals surface area contributed by atoms with E-state index < -0.39 is 0 Å². The fourth-order valence-electron chi connectivity index (χ4n) is 3.34. The predicted molar refractivity (Wildman–Crippen MR) is 126 cm³/mol. The molecule has 0 radical (unpaired) electrons. The van der Waals surface area contributed by atoms with Gasteiger partial charge in [0.05, 0.1) is 5.69 Å². The van der Waals surface area contributed by atoms with Crippen LogP contribution in [0.15, 0.2) is 72.8 Å². The lowest BCUT2D eigenvalue weighted by molar-refractivity contribution is -0.130. The van der Waals surface area contributed by atoms with E-state index in [1.807, 2.05) is 47.9 Å². The number of rotatable bonds is 6. The molecule has 7 heteroatoms. The van der Waals surface area contributed by atoms with Gasteiger partial charge in [0.1, 0.15) is 11.6 Å². The van der Waals surface area contributed by atoms with E-state index in [1.54, 1.807) is 26.2 Å². The highest BCUT2D eigenvalue weighted by Crippen LogP contribution is 2.32. The molecule has 1 aromatic heterocycles. The standard InChI is InChI=1S/C25H23ClN4O2/c1-17-27-28-25(20-11-9-19(10-12-20)18-7-5-4-6-8-18)30(17)22-14-13-21(26)15-23(22)32-16-24(31)29(2)3/h4-15H,16H2,1-3H3. The van der Waals surface area contributed by atoms with Crippen molar-refractivity contribution in [3.05, 3.63) is 83.6 Å². The van der Waals surface area contributed by atoms with Gasteiger partial charge in [0.25, 0.3) is 5.91 Å². The van der Waals surface area contributed by atoms with Crippen molar-refractivity contribution in [2.24, 2.45) is 0 Å². The Hall–Kier alpha value is -3.64. The monoisotopic (exact) mass is 446 g/mol. The highest BCUT2D eigenvalue weighted by Gasteiger charge is 2.18.